The molecule has 34 heavy (non-hydrogen) atoms. The molecule has 0 heterocycles. The molecule has 0 bridgehead atoms. The lowest BCUT2D eigenvalue weighted by Crippen LogP contribution is -2.53. The maximum Gasteiger partial charge on any atom is 0.243 e. The van der Waals surface area contributed by atoms with E-state index in [-0.39, 0.29) is 28.9 Å². The minimum atomic E-state index is -0.542. The second-order valence-corrected chi connectivity index (χ2v) is 10.5. The third-order valence-corrected chi connectivity index (χ3v) is 5.74. The highest BCUT2D eigenvalue weighted by Gasteiger charge is 2.32. The number of nitrogens with zero attached hydrogens (tertiary/aromatic N) is 1. The summed E-state index contributed by atoms with van der Waals surface area (Å²) in [6, 6.07) is 14.9. The number of amides is 2. The van der Waals surface area contributed by atoms with Crippen molar-refractivity contribution in [2.45, 2.75) is 73.9 Å². The molecule has 1 atom stereocenters. The molecule has 5 heteroatoms. The van der Waals surface area contributed by atoms with Crippen LogP contribution >= 0.6 is 0 Å². The van der Waals surface area contributed by atoms with E-state index in [4.69, 9.17) is 0 Å². The van der Waals surface area contributed by atoms with Gasteiger partial charge in [-0.25, -0.2) is 0 Å². The van der Waals surface area contributed by atoms with E-state index in [1.807, 2.05) is 69.3 Å². The number of rotatable bonds is 10. The smallest absolute Gasteiger partial charge is 0.243 e. The molecule has 0 aliphatic heterocycles. The Balaban J connectivity index is 2.32. The van der Waals surface area contributed by atoms with Crippen molar-refractivity contribution < 1.29 is 14.4 Å². The fourth-order valence-electron chi connectivity index (χ4n) is 3.99. The molecule has 2 aromatic carbocycles. The van der Waals surface area contributed by atoms with E-state index in [0.29, 0.717) is 25.1 Å². The molecule has 1 unspecified atom stereocenters. The lowest BCUT2D eigenvalue weighted by Gasteiger charge is -2.34. The average Bonchev–Trinajstić information content (AvgIpc) is 2.77. The first kappa shape index (κ1) is 27.3. The van der Waals surface area contributed by atoms with Gasteiger partial charge in [-0.15, -0.1) is 0 Å². The van der Waals surface area contributed by atoms with Crippen LogP contribution in [0.3, 0.4) is 0 Å². The number of Topliss-reactive ketones (excluding diaryl/α,β-unsaturated/α-hetero) is 1. The molecule has 2 aromatic rings. The van der Waals surface area contributed by atoms with Crippen LogP contribution < -0.4 is 5.32 Å². The van der Waals surface area contributed by atoms with Crippen LogP contribution in [0.5, 0.6) is 0 Å². The highest BCUT2D eigenvalue weighted by atomic mass is 16.2. The third kappa shape index (κ3) is 7.54. The molecule has 5 nitrogen and oxygen atoms in total. The van der Waals surface area contributed by atoms with Crippen LogP contribution in [0, 0.1) is 11.3 Å². The number of hydrogen-bond donors (Lipinski definition) is 1. The predicted molar refractivity (Wildman–Crippen MR) is 138 cm³/mol. The number of carbonyl (C=O) groups is 3. The van der Waals surface area contributed by atoms with Crippen molar-refractivity contribution in [1.29, 1.82) is 0 Å². The molecule has 1 N–H and O–H groups in total. The van der Waals surface area contributed by atoms with Gasteiger partial charge in [-0.1, -0.05) is 90.1 Å². The summed E-state index contributed by atoms with van der Waals surface area (Å²) in [5.74, 6) is -0.126. The van der Waals surface area contributed by atoms with Gasteiger partial charge in [-0.3, -0.25) is 14.4 Å². The van der Waals surface area contributed by atoms with Crippen molar-refractivity contribution in [3.05, 3.63) is 59.7 Å². The minimum Gasteiger partial charge on any atom is -0.354 e. The van der Waals surface area contributed by atoms with Gasteiger partial charge in [0.25, 0.3) is 0 Å². The van der Waals surface area contributed by atoms with Gasteiger partial charge < -0.3 is 10.2 Å². The standard InChI is InChI=1S/C29H40N2O3/c1-8-11-26(33)31(27(20(2)3)28(34)30-19-29(5,6)7)18-22-14-16-23(17-15-22)25-13-10-9-12-24(25)21(4)32/h9-10,12-17,20,27H,8,11,18-19H2,1-7H3,(H,30,34). The molecule has 0 aliphatic carbocycles. The van der Waals surface area contributed by atoms with Crippen molar-refractivity contribution in [1.82, 2.24) is 10.2 Å². The van der Waals surface area contributed by atoms with Crippen LogP contribution in [0.15, 0.2) is 48.5 Å². The van der Waals surface area contributed by atoms with Gasteiger partial charge in [0.1, 0.15) is 6.04 Å². The molecule has 0 saturated carbocycles. The Morgan fingerprint density at radius 2 is 1.59 bits per heavy atom. The predicted octanol–water partition coefficient (Wildman–Crippen LogP) is 5.87. The summed E-state index contributed by atoms with van der Waals surface area (Å²) in [4.78, 5) is 40.0. The first-order valence-electron chi connectivity index (χ1n) is 12.2. The topological polar surface area (TPSA) is 66.5 Å². The van der Waals surface area contributed by atoms with E-state index >= 15 is 0 Å². The largest absolute Gasteiger partial charge is 0.354 e. The lowest BCUT2D eigenvalue weighted by molar-refractivity contribution is -0.143. The van der Waals surface area contributed by atoms with E-state index < -0.39 is 6.04 Å². The Morgan fingerprint density at radius 1 is 0.971 bits per heavy atom. The summed E-state index contributed by atoms with van der Waals surface area (Å²) in [6.07, 6.45) is 1.13. The summed E-state index contributed by atoms with van der Waals surface area (Å²) >= 11 is 0. The van der Waals surface area contributed by atoms with Gasteiger partial charge in [0.2, 0.25) is 11.8 Å². The number of nitrogens with one attached hydrogen (secondary N) is 1. The summed E-state index contributed by atoms with van der Waals surface area (Å²) in [7, 11) is 0. The zero-order chi connectivity index (χ0) is 25.5. The Morgan fingerprint density at radius 3 is 2.12 bits per heavy atom. The molecule has 0 saturated heterocycles. The molecule has 0 fully saturated rings. The van der Waals surface area contributed by atoms with Gasteiger partial charge in [-0.05, 0) is 41.4 Å². The molecular weight excluding hydrogens is 424 g/mol. The molecule has 184 valence electrons. The van der Waals surface area contributed by atoms with E-state index in [0.717, 1.165) is 23.1 Å². The maximum atomic E-state index is 13.2. The van der Waals surface area contributed by atoms with Crippen LogP contribution in [0.4, 0.5) is 0 Å². The van der Waals surface area contributed by atoms with Crippen LogP contribution in [-0.4, -0.2) is 35.1 Å². The summed E-state index contributed by atoms with van der Waals surface area (Å²) in [6.45, 7) is 14.6. The Labute approximate surface area is 204 Å². The quantitative estimate of drug-likeness (QED) is 0.447. The van der Waals surface area contributed by atoms with Gasteiger partial charge in [0.05, 0.1) is 0 Å². The zero-order valence-electron chi connectivity index (χ0n) is 21.8. The molecule has 0 radical (unpaired) electrons. The fraction of sp³-hybridized carbons (Fsp3) is 0.483. The van der Waals surface area contributed by atoms with Crippen LogP contribution in [-0.2, 0) is 16.1 Å². The second kappa shape index (κ2) is 12.0. The van der Waals surface area contributed by atoms with Crippen molar-refractivity contribution in [3.8, 4) is 11.1 Å². The Hall–Kier alpha value is -2.95. The number of benzene rings is 2. The molecule has 2 rings (SSSR count). The van der Waals surface area contributed by atoms with E-state index in [1.54, 1.807) is 11.8 Å². The Bertz CT molecular complexity index is 987. The average molecular weight is 465 g/mol. The van der Waals surface area contributed by atoms with E-state index in [1.165, 1.54) is 0 Å². The van der Waals surface area contributed by atoms with Crippen molar-refractivity contribution in [2.75, 3.05) is 6.54 Å². The summed E-state index contributed by atoms with van der Waals surface area (Å²) < 4.78 is 0. The number of hydrogen-bond acceptors (Lipinski definition) is 3. The van der Waals surface area contributed by atoms with E-state index in [2.05, 4.69) is 26.1 Å². The van der Waals surface area contributed by atoms with Gasteiger partial charge in [0.15, 0.2) is 5.78 Å². The minimum absolute atomic E-state index is 0.0156. The Kier molecular flexibility index (Phi) is 9.60. The SMILES string of the molecule is CCCC(=O)N(Cc1ccc(-c2ccccc2C(C)=O)cc1)C(C(=O)NCC(C)(C)C)C(C)C. The van der Waals surface area contributed by atoms with Crippen molar-refractivity contribution >= 4 is 17.6 Å². The van der Waals surface area contributed by atoms with Gasteiger partial charge in [0, 0.05) is 25.1 Å². The first-order chi connectivity index (χ1) is 15.9. The number of carbonyl (C=O) groups excluding carboxylic acids is 3. The molecule has 0 spiro atoms. The van der Waals surface area contributed by atoms with Crippen molar-refractivity contribution in [2.24, 2.45) is 11.3 Å². The van der Waals surface area contributed by atoms with E-state index in [9.17, 15) is 14.4 Å². The molecule has 0 aromatic heterocycles. The molecule has 2 amide bonds. The molecular formula is C29H40N2O3. The normalized spacial score (nSPS) is 12.4. The van der Waals surface area contributed by atoms with Crippen LogP contribution in [0.25, 0.3) is 11.1 Å². The highest BCUT2D eigenvalue weighted by Crippen LogP contribution is 2.26. The monoisotopic (exact) mass is 464 g/mol. The van der Waals surface area contributed by atoms with Gasteiger partial charge in [-0.2, -0.15) is 0 Å². The van der Waals surface area contributed by atoms with Crippen LogP contribution in [0.2, 0.25) is 0 Å². The molecule has 0 aliphatic rings. The fourth-order valence-corrected chi connectivity index (χ4v) is 3.99. The zero-order valence-corrected chi connectivity index (χ0v) is 21.8. The third-order valence-electron chi connectivity index (χ3n) is 5.74. The highest BCUT2D eigenvalue weighted by molar-refractivity contribution is 6.00. The van der Waals surface area contributed by atoms with Crippen molar-refractivity contribution in [3.63, 3.8) is 0 Å². The summed E-state index contributed by atoms with van der Waals surface area (Å²) in [5.41, 5.74) is 3.43. The van der Waals surface area contributed by atoms with Crippen LogP contribution in [0.1, 0.15) is 77.2 Å². The first-order valence-corrected chi connectivity index (χ1v) is 12.2. The maximum absolute atomic E-state index is 13.2. The van der Waals surface area contributed by atoms with Gasteiger partial charge >= 0.3 is 0 Å². The lowest BCUT2D eigenvalue weighted by atomic mass is 9.95. The second-order valence-electron chi connectivity index (χ2n) is 10.5. The summed E-state index contributed by atoms with van der Waals surface area (Å²) in [5, 5.41) is 3.05. The number of ketones is 1.